The lowest BCUT2D eigenvalue weighted by Gasteiger charge is -2.45. The Hall–Kier alpha value is -3.43. The van der Waals surface area contributed by atoms with Crippen LogP contribution in [0.2, 0.25) is 0 Å². The number of carbonyl (C=O) groups excluding carboxylic acids is 2. The van der Waals surface area contributed by atoms with Gasteiger partial charge in [0, 0.05) is 19.8 Å². The van der Waals surface area contributed by atoms with E-state index in [2.05, 4.69) is 15.3 Å². The minimum atomic E-state index is -0.411. The summed E-state index contributed by atoms with van der Waals surface area (Å²) in [7, 11) is 1.74. The summed E-state index contributed by atoms with van der Waals surface area (Å²) in [6.45, 7) is 4.59. The fourth-order valence-corrected chi connectivity index (χ4v) is 4.04. The normalized spacial score (nSPS) is 16.5. The van der Waals surface area contributed by atoms with Gasteiger partial charge in [-0.05, 0) is 38.8 Å². The molecule has 164 valence electrons. The molecule has 0 saturated heterocycles. The lowest BCUT2D eigenvalue weighted by atomic mass is 10.2. The van der Waals surface area contributed by atoms with Crippen LogP contribution in [0, 0.1) is 0 Å². The third-order valence-corrected chi connectivity index (χ3v) is 5.58. The lowest BCUT2D eigenvalue weighted by Crippen LogP contribution is -2.59. The maximum Gasteiger partial charge on any atom is 0.343 e. The Bertz CT molecular complexity index is 960. The lowest BCUT2D eigenvalue weighted by molar-refractivity contribution is 0.0526. The number of esters is 1. The first-order valence-electron chi connectivity index (χ1n) is 10.6. The SMILES string of the molecule is CCOC(=O)c1ccc(Nc2ncc3c(n2)N(C2CCCC2)N(CC)C(=O)N3C)nc1. The molecule has 1 saturated carbocycles. The molecule has 0 spiro atoms. The van der Waals surface area contributed by atoms with Crippen LogP contribution in [0.4, 0.5) is 28.1 Å². The molecule has 4 rings (SSSR count). The molecule has 0 unspecified atom stereocenters. The van der Waals surface area contributed by atoms with E-state index in [0.717, 1.165) is 25.7 Å². The highest BCUT2D eigenvalue weighted by molar-refractivity contribution is 5.98. The Balaban J connectivity index is 1.62. The molecule has 2 aromatic heterocycles. The van der Waals surface area contributed by atoms with Crippen LogP contribution >= 0.6 is 0 Å². The molecular weight excluding hydrogens is 398 g/mol. The van der Waals surface area contributed by atoms with Gasteiger partial charge in [-0.3, -0.25) is 9.91 Å². The van der Waals surface area contributed by atoms with Gasteiger partial charge < -0.3 is 10.1 Å². The second-order valence-corrected chi connectivity index (χ2v) is 7.52. The number of ether oxygens (including phenoxy) is 1. The molecule has 1 fully saturated rings. The number of fused-ring (bicyclic) bond motifs is 1. The van der Waals surface area contributed by atoms with Crippen LogP contribution in [0.25, 0.3) is 0 Å². The summed E-state index contributed by atoms with van der Waals surface area (Å²) in [6, 6.07) is 3.48. The summed E-state index contributed by atoms with van der Waals surface area (Å²) in [5, 5.41) is 6.88. The topological polar surface area (TPSA) is 104 Å². The molecule has 1 N–H and O–H groups in total. The Kier molecular flexibility index (Phi) is 5.88. The summed E-state index contributed by atoms with van der Waals surface area (Å²) >= 11 is 0. The number of aromatic nitrogens is 3. The molecule has 2 aliphatic rings. The number of urea groups is 1. The number of rotatable bonds is 6. The average molecular weight is 425 g/mol. The van der Waals surface area contributed by atoms with Gasteiger partial charge in [0.1, 0.15) is 11.5 Å². The molecule has 2 amide bonds. The fourth-order valence-electron chi connectivity index (χ4n) is 4.04. The molecule has 3 heterocycles. The Labute approximate surface area is 181 Å². The smallest absolute Gasteiger partial charge is 0.343 e. The zero-order valence-electron chi connectivity index (χ0n) is 18.0. The standard InChI is InChI=1S/C21H27N7O3/c1-4-27-21(30)26(3)16-13-23-20(25-18(16)28(27)15-8-6-7-9-15)24-17-11-10-14(12-22-17)19(29)31-5-2/h10-13,15H,4-9H2,1-3H3,(H,22,23,24,25). The highest BCUT2D eigenvalue weighted by Crippen LogP contribution is 2.38. The Morgan fingerprint density at radius 3 is 2.61 bits per heavy atom. The molecule has 0 bridgehead atoms. The summed E-state index contributed by atoms with van der Waals surface area (Å²) in [5.41, 5.74) is 1.06. The van der Waals surface area contributed by atoms with Crippen molar-refractivity contribution in [2.24, 2.45) is 0 Å². The van der Waals surface area contributed by atoms with E-state index in [9.17, 15) is 9.59 Å². The van der Waals surface area contributed by atoms with Crippen molar-refractivity contribution in [3.63, 3.8) is 0 Å². The van der Waals surface area contributed by atoms with Gasteiger partial charge in [0.2, 0.25) is 5.95 Å². The van der Waals surface area contributed by atoms with E-state index in [4.69, 9.17) is 9.72 Å². The van der Waals surface area contributed by atoms with Crippen molar-refractivity contribution in [2.75, 3.05) is 35.4 Å². The fraction of sp³-hybridized carbons (Fsp3) is 0.476. The van der Waals surface area contributed by atoms with Crippen molar-refractivity contribution in [1.29, 1.82) is 0 Å². The van der Waals surface area contributed by atoms with Crippen molar-refractivity contribution in [3.8, 4) is 0 Å². The molecule has 0 radical (unpaired) electrons. The van der Waals surface area contributed by atoms with Crippen LogP contribution in [0.1, 0.15) is 49.9 Å². The Morgan fingerprint density at radius 2 is 1.97 bits per heavy atom. The molecular formula is C21H27N7O3. The molecule has 10 heteroatoms. The summed E-state index contributed by atoms with van der Waals surface area (Å²) in [5.74, 6) is 1.17. The molecule has 1 aliphatic carbocycles. The first kappa shape index (κ1) is 20.8. The molecule has 2 aromatic rings. The van der Waals surface area contributed by atoms with Gasteiger partial charge in [-0.2, -0.15) is 4.98 Å². The minimum absolute atomic E-state index is 0.0811. The highest BCUT2D eigenvalue weighted by Gasteiger charge is 2.39. The summed E-state index contributed by atoms with van der Waals surface area (Å²) in [6.07, 6.45) is 7.45. The van der Waals surface area contributed by atoms with Gasteiger partial charge in [-0.15, -0.1) is 0 Å². The molecule has 1 aliphatic heterocycles. The zero-order chi connectivity index (χ0) is 22.0. The van der Waals surface area contributed by atoms with E-state index in [-0.39, 0.29) is 12.1 Å². The van der Waals surface area contributed by atoms with Gasteiger partial charge in [0.05, 0.1) is 24.4 Å². The number of pyridine rings is 1. The van der Waals surface area contributed by atoms with E-state index in [1.165, 1.54) is 6.20 Å². The molecule has 0 aromatic carbocycles. The van der Waals surface area contributed by atoms with Gasteiger partial charge >= 0.3 is 12.0 Å². The van der Waals surface area contributed by atoms with Crippen LogP contribution in [0.15, 0.2) is 24.5 Å². The second-order valence-electron chi connectivity index (χ2n) is 7.52. The maximum absolute atomic E-state index is 12.9. The zero-order valence-corrected chi connectivity index (χ0v) is 18.0. The largest absolute Gasteiger partial charge is 0.462 e. The van der Waals surface area contributed by atoms with Crippen molar-refractivity contribution in [1.82, 2.24) is 20.0 Å². The van der Waals surface area contributed by atoms with E-state index in [1.54, 1.807) is 42.2 Å². The third kappa shape index (κ3) is 3.97. The first-order valence-corrected chi connectivity index (χ1v) is 10.6. The van der Waals surface area contributed by atoms with Crippen molar-refractivity contribution in [2.45, 2.75) is 45.6 Å². The van der Waals surface area contributed by atoms with Crippen molar-refractivity contribution in [3.05, 3.63) is 30.1 Å². The quantitative estimate of drug-likeness (QED) is 0.703. The molecule has 0 atom stereocenters. The average Bonchev–Trinajstić information content (AvgIpc) is 3.31. The number of anilines is 4. The van der Waals surface area contributed by atoms with Gasteiger partial charge in [-0.1, -0.05) is 12.8 Å². The van der Waals surface area contributed by atoms with Crippen molar-refractivity contribution < 1.29 is 14.3 Å². The number of amides is 2. The van der Waals surface area contributed by atoms with E-state index >= 15 is 0 Å². The Morgan fingerprint density at radius 1 is 1.19 bits per heavy atom. The monoisotopic (exact) mass is 425 g/mol. The van der Waals surface area contributed by atoms with Crippen LogP contribution in [-0.4, -0.2) is 58.2 Å². The van der Waals surface area contributed by atoms with Crippen molar-refractivity contribution >= 4 is 35.3 Å². The van der Waals surface area contributed by atoms with E-state index in [1.807, 2.05) is 11.9 Å². The number of carbonyl (C=O) groups is 2. The predicted molar refractivity (Wildman–Crippen MR) is 116 cm³/mol. The van der Waals surface area contributed by atoms with Crippen LogP contribution < -0.4 is 15.2 Å². The molecule has 31 heavy (non-hydrogen) atoms. The number of hydrogen-bond donors (Lipinski definition) is 1. The summed E-state index contributed by atoms with van der Waals surface area (Å²) < 4.78 is 4.98. The minimum Gasteiger partial charge on any atom is -0.462 e. The molecule has 10 nitrogen and oxygen atoms in total. The van der Waals surface area contributed by atoms with Crippen LogP contribution in [0.5, 0.6) is 0 Å². The number of hydrazine groups is 1. The third-order valence-electron chi connectivity index (χ3n) is 5.58. The van der Waals surface area contributed by atoms with E-state index in [0.29, 0.717) is 42.0 Å². The number of nitrogens with zero attached hydrogens (tertiary/aromatic N) is 6. The predicted octanol–water partition coefficient (Wildman–Crippen LogP) is 3.35. The van der Waals surface area contributed by atoms with E-state index < -0.39 is 5.97 Å². The maximum atomic E-state index is 12.9. The number of hydrogen-bond acceptors (Lipinski definition) is 8. The van der Waals surface area contributed by atoms with Gasteiger partial charge in [0.25, 0.3) is 0 Å². The van der Waals surface area contributed by atoms with Crippen LogP contribution in [-0.2, 0) is 4.74 Å². The second kappa shape index (κ2) is 8.75. The number of nitrogens with one attached hydrogen (secondary N) is 1. The first-order chi connectivity index (χ1) is 15.0. The van der Waals surface area contributed by atoms with Gasteiger partial charge in [0.15, 0.2) is 5.82 Å². The van der Waals surface area contributed by atoms with Crippen LogP contribution in [0.3, 0.4) is 0 Å². The highest BCUT2D eigenvalue weighted by atomic mass is 16.5. The van der Waals surface area contributed by atoms with Gasteiger partial charge in [-0.25, -0.2) is 24.6 Å². The summed E-state index contributed by atoms with van der Waals surface area (Å²) in [4.78, 5) is 39.7.